The second-order valence-corrected chi connectivity index (χ2v) is 2.97. The number of halogens is 3. The standard InChI is InChI=1S/C11H9F3O3/c1-16-10(15)7-4-8-2-5-9(6-3-8)17-11(12,13)14/h2-7H,1H3/b7-4-. The van der Waals surface area contributed by atoms with E-state index in [4.69, 9.17) is 0 Å². The number of hydrogen-bond acceptors (Lipinski definition) is 3. The highest BCUT2D eigenvalue weighted by atomic mass is 19.4. The lowest BCUT2D eigenvalue weighted by Crippen LogP contribution is -2.16. The number of benzene rings is 1. The fraction of sp³-hybridized carbons (Fsp3) is 0.182. The fourth-order valence-corrected chi connectivity index (χ4v) is 1.01. The third-order valence-corrected chi connectivity index (χ3v) is 1.73. The maximum atomic E-state index is 11.8. The molecular weight excluding hydrogens is 237 g/mol. The zero-order valence-corrected chi connectivity index (χ0v) is 8.82. The van der Waals surface area contributed by atoms with Crippen molar-refractivity contribution in [1.29, 1.82) is 0 Å². The number of esters is 1. The summed E-state index contributed by atoms with van der Waals surface area (Å²) in [6.07, 6.45) is -2.12. The number of rotatable bonds is 3. The van der Waals surface area contributed by atoms with Crippen molar-refractivity contribution < 1.29 is 27.4 Å². The van der Waals surface area contributed by atoms with E-state index in [9.17, 15) is 18.0 Å². The monoisotopic (exact) mass is 246 g/mol. The summed E-state index contributed by atoms with van der Waals surface area (Å²) in [5, 5.41) is 0. The maximum Gasteiger partial charge on any atom is 0.573 e. The summed E-state index contributed by atoms with van der Waals surface area (Å²) in [5.74, 6) is -0.853. The van der Waals surface area contributed by atoms with Gasteiger partial charge >= 0.3 is 12.3 Å². The molecule has 0 heterocycles. The molecule has 1 aromatic carbocycles. The molecule has 1 rings (SSSR count). The number of ether oxygens (including phenoxy) is 2. The van der Waals surface area contributed by atoms with E-state index < -0.39 is 12.3 Å². The van der Waals surface area contributed by atoms with Crippen LogP contribution in [0.3, 0.4) is 0 Å². The van der Waals surface area contributed by atoms with Gasteiger partial charge in [0, 0.05) is 6.08 Å². The summed E-state index contributed by atoms with van der Waals surface area (Å²) < 4.78 is 43.6. The van der Waals surface area contributed by atoms with Crippen LogP contribution in [0, 0.1) is 0 Å². The predicted molar refractivity (Wildman–Crippen MR) is 54.2 cm³/mol. The molecule has 0 atom stereocenters. The molecule has 0 fully saturated rings. The molecule has 0 aliphatic carbocycles. The molecule has 0 aromatic heterocycles. The Morgan fingerprint density at radius 3 is 2.29 bits per heavy atom. The molecule has 0 aliphatic heterocycles. The topological polar surface area (TPSA) is 35.5 Å². The minimum Gasteiger partial charge on any atom is -0.466 e. The Labute approximate surface area is 95.5 Å². The van der Waals surface area contributed by atoms with E-state index in [-0.39, 0.29) is 5.75 Å². The molecule has 0 aliphatic rings. The third-order valence-electron chi connectivity index (χ3n) is 1.73. The highest BCUT2D eigenvalue weighted by Gasteiger charge is 2.30. The number of carbonyl (C=O) groups is 1. The van der Waals surface area contributed by atoms with E-state index >= 15 is 0 Å². The molecule has 0 bridgehead atoms. The summed E-state index contributed by atoms with van der Waals surface area (Å²) in [6, 6.07) is 5.09. The first-order valence-corrected chi connectivity index (χ1v) is 4.52. The summed E-state index contributed by atoms with van der Waals surface area (Å²) >= 11 is 0. The Kier molecular flexibility index (Phi) is 4.14. The Balaban J connectivity index is 2.68. The van der Waals surface area contributed by atoms with Gasteiger partial charge in [-0.3, -0.25) is 0 Å². The first-order valence-electron chi connectivity index (χ1n) is 4.52. The van der Waals surface area contributed by atoms with Crippen LogP contribution in [-0.4, -0.2) is 19.4 Å². The Morgan fingerprint density at radius 2 is 1.82 bits per heavy atom. The maximum absolute atomic E-state index is 11.8. The van der Waals surface area contributed by atoms with Crippen molar-refractivity contribution in [2.75, 3.05) is 7.11 Å². The van der Waals surface area contributed by atoms with Crippen LogP contribution in [0.4, 0.5) is 13.2 Å². The fourth-order valence-electron chi connectivity index (χ4n) is 1.01. The van der Waals surface area contributed by atoms with Gasteiger partial charge in [0.1, 0.15) is 5.75 Å². The predicted octanol–water partition coefficient (Wildman–Crippen LogP) is 2.77. The van der Waals surface area contributed by atoms with Crippen LogP contribution >= 0.6 is 0 Å². The molecule has 1 aromatic rings. The molecule has 17 heavy (non-hydrogen) atoms. The van der Waals surface area contributed by atoms with Crippen molar-refractivity contribution in [3.05, 3.63) is 35.9 Å². The molecule has 0 saturated heterocycles. The van der Waals surface area contributed by atoms with Crippen molar-refractivity contribution >= 4 is 12.0 Å². The lowest BCUT2D eigenvalue weighted by Gasteiger charge is -2.08. The summed E-state index contributed by atoms with van der Waals surface area (Å²) in [6.45, 7) is 0. The highest BCUT2D eigenvalue weighted by Crippen LogP contribution is 2.22. The van der Waals surface area contributed by atoms with Crippen LogP contribution < -0.4 is 4.74 Å². The van der Waals surface area contributed by atoms with Crippen LogP contribution in [0.5, 0.6) is 5.75 Å². The van der Waals surface area contributed by atoms with Gasteiger partial charge in [-0.05, 0) is 23.8 Å². The zero-order chi connectivity index (χ0) is 12.9. The van der Waals surface area contributed by atoms with Gasteiger partial charge in [-0.1, -0.05) is 12.1 Å². The minimum atomic E-state index is -4.70. The van der Waals surface area contributed by atoms with Crippen molar-refractivity contribution in [2.24, 2.45) is 0 Å². The first-order chi connectivity index (χ1) is 7.90. The van der Waals surface area contributed by atoms with Crippen LogP contribution in [0.15, 0.2) is 30.3 Å². The Bertz CT molecular complexity index is 407. The van der Waals surface area contributed by atoms with E-state index in [0.717, 1.165) is 12.1 Å². The molecule has 0 spiro atoms. The zero-order valence-electron chi connectivity index (χ0n) is 8.82. The SMILES string of the molecule is COC(=O)/C=C\c1ccc(OC(F)(F)F)cc1. The highest BCUT2D eigenvalue weighted by molar-refractivity contribution is 5.86. The van der Waals surface area contributed by atoms with E-state index in [2.05, 4.69) is 9.47 Å². The molecular formula is C11H9F3O3. The molecule has 3 nitrogen and oxygen atoms in total. The molecule has 0 amide bonds. The summed E-state index contributed by atoms with van der Waals surface area (Å²) in [5.41, 5.74) is 0.560. The quantitative estimate of drug-likeness (QED) is 0.607. The minimum absolute atomic E-state index is 0.312. The van der Waals surface area contributed by atoms with Gasteiger partial charge in [0.25, 0.3) is 0 Å². The van der Waals surface area contributed by atoms with Crippen molar-refractivity contribution in [1.82, 2.24) is 0 Å². The number of alkyl halides is 3. The van der Waals surface area contributed by atoms with E-state index in [1.54, 1.807) is 0 Å². The van der Waals surface area contributed by atoms with Gasteiger partial charge < -0.3 is 9.47 Å². The van der Waals surface area contributed by atoms with Crippen molar-refractivity contribution in [3.63, 3.8) is 0 Å². The van der Waals surface area contributed by atoms with Gasteiger partial charge in [-0.15, -0.1) is 13.2 Å². The van der Waals surface area contributed by atoms with Crippen LogP contribution in [-0.2, 0) is 9.53 Å². The second-order valence-electron chi connectivity index (χ2n) is 2.97. The van der Waals surface area contributed by atoms with Crippen LogP contribution in [0.25, 0.3) is 6.08 Å². The smallest absolute Gasteiger partial charge is 0.466 e. The summed E-state index contributed by atoms with van der Waals surface area (Å²) in [4.78, 5) is 10.8. The Hall–Kier alpha value is -1.98. The summed E-state index contributed by atoms with van der Waals surface area (Å²) in [7, 11) is 1.23. The van der Waals surface area contributed by atoms with Gasteiger partial charge in [-0.25, -0.2) is 4.79 Å². The number of methoxy groups -OCH3 is 1. The number of carbonyl (C=O) groups excluding carboxylic acids is 1. The van der Waals surface area contributed by atoms with Crippen molar-refractivity contribution in [2.45, 2.75) is 6.36 Å². The van der Waals surface area contributed by atoms with Crippen LogP contribution in [0.1, 0.15) is 5.56 Å². The first kappa shape index (κ1) is 13.1. The van der Waals surface area contributed by atoms with E-state index in [1.165, 1.54) is 31.4 Å². The normalized spacial score (nSPS) is 11.5. The van der Waals surface area contributed by atoms with Gasteiger partial charge in [0.05, 0.1) is 7.11 Å². The average molecular weight is 246 g/mol. The van der Waals surface area contributed by atoms with Crippen LogP contribution in [0.2, 0.25) is 0 Å². The molecule has 92 valence electrons. The number of hydrogen-bond donors (Lipinski definition) is 0. The third kappa shape index (κ3) is 5.05. The molecule has 0 N–H and O–H groups in total. The largest absolute Gasteiger partial charge is 0.573 e. The average Bonchev–Trinajstić information content (AvgIpc) is 2.25. The lowest BCUT2D eigenvalue weighted by molar-refractivity contribution is -0.274. The van der Waals surface area contributed by atoms with E-state index in [1.807, 2.05) is 0 Å². The molecule has 0 saturated carbocycles. The lowest BCUT2D eigenvalue weighted by atomic mass is 10.2. The second kappa shape index (κ2) is 5.38. The molecule has 6 heteroatoms. The Morgan fingerprint density at radius 1 is 1.24 bits per heavy atom. The van der Waals surface area contributed by atoms with Gasteiger partial charge in [-0.2, -0.15) is 0 Å². The van der Waals surface area contributed by atoms with Crippen molar-refractivity contribution in [3.8, 4) is 5.75 Å². The van der Waals surface area contributed by atoms with Gasteiger partial charge in [0.2, 0.25) is 0 Å². The molecule has 0 radical (unpaired) electrons. The van der Waals surface area contributed by atoms with E-state index in [0.29, 0.717) is 5.56 Å². The van der Waals surface area contributed by atoms with Gasteiger partial charge in [0.15, 0.2) is 0 Å². The molecule has 0 unspecified atom stereocenters.